The number of hydrogen-bond donors (Lipinski definition) is 1. The van der Waals surface area contributed by atoms with Gasteiger partial charge in [0.15, 0.2) is 0 Å². The molecule has 3 nitrogen and oxygen atoms in total. The summed E-state index contributed by atoms with van der Waals surface area (Å²) in [4.78, 5) is 0.894. The molecular formula is C12H13F2N3S. The average Bonchev–Trinajstić information content (AvgIpc) is 2.77. The molecule has 96 valence electrons. The van der Waals surface area contributed by atoms with Gasteiger partial charge in [-0.25, -0.2) is 8.78 Å². The Kier molecular flexibility index (Phi) is 3.98. The minimum absolute atomic E-state index is 0.287. The van der Waals surface area contributed by atoms with Crippen molar-refractivity contribution < 1.29 is 8.78 Å². The fourth-order valence-electron chi connectivity index (χ4n) is 1.87. The number of halogens is 2. The summed E-state index contributed by atoms with van der Waals surface area (Å²) in [5, 5.41) is 7.06. The topological polar surface area (TPSA) is 37.8 Å². The molecule has 1 N–H and O–H groups in total. The lowest BCUT2D eigenvalue weighted by molar-refractivity contribution is 0.572. The van der Waals surface area contributed by atoms with E-state index in [-0.39, 0.29) is 6.04 Å². The van der Waals surface area contributed by atoms with Crippen LogP contribution in [-0.2, 0) is 6.42 Å². The Hall–Kier alpha value is -1.40. The fraction of sp³-hybridized carbons (Fsp3) is 0.333. The van der Waals surface area contributed by atoms with Gasteiger partial charge in [-0.2, -0.15) is 0 Å². The summed E-state index contributed by atoms with van der Waals surface area (Å²) >= 11 is 1.24. The second-order valence-electron chi connectivity index (χ2n) is 3.86. The molecule has 6 heteroatoms. The van der Waals surface area contributed by atoms with Crippen molar-refractivity contribution in [3.05, 3.63) is 46.0 Å². The van der Waals surface area contributed by atoms with Crippen LogP contribution >= 0.6 is 11.5 Å². The second kappa shape index (κ2) is 5.49. The molecule has 2 aromatic rings. The highest BCUT2D eigenvalue weighted by Crippen LogP contribution is 2.28. The number of rotatable bonds is 4. The molecule has 2 rings (SSSR count). The smallest absolute Gasteiger partial charge is 0.126 e. The summed E-state index contributed by atoms with van der Waals surface area (Å²) in [6, 6.07) is 3.22. The van der Waals surface area contributed by atoms with Crippen molar-refractivity contribution >= 4 is 11.5 Å². The molecule has 1 heterocycles. The van der Waals surface area contributed by atoms with E-state index in [0.29, 0.717) is 5.56 Å². The van der Waals surface area contributed by atoms with Gasteiger partial charge in [-0.05, 0) is 42.7 Å². The van der Waals surface area contributed by atoms with Crippen LogP contribution in [-0.4, -0.2) is 16.6 Å². The van der Waals surface area contributed by atoms with E-state index in [4.69, 9.17) is 0 Å². The van der Waals surface area contributed by atoms with Crippen LogP contribution in [0.3, 0.4) is 0 Å². The van der Waals surface area contributed by atoms with E-state index in [0.717, 1.165) is 23.1 Å². The van der Waals surface area contributed by atoms with Crippen LogP contribution in [0.4, 0.5) is 8.78 Å². The van der Waals surface area contributed by atoms with Gasteiger partial charge >= 0.3 is 0 Å². The normalized spacial score (nSPS) is 12.7. The highest BCUT2D eigenvalue weighted by atomic mass is 32.1. The van der Waals surface area contributed by atoms with Gasteiger partial charge < -0.3 is 5.32 Å². The maximum absolute atomic E-state index is 13.3. The lowest BCUT2D eigenvalue weighted by atomic mass is 10.0. The van der Waals surface area contributed by atoms with Crippen LogP contribution in [0.2, 0.25) is 0 Å². The van der Waals surface area contributed by atoms with Crippen molar-refractivity contribution in [2.45, 2.75) is 19.4 Å². The minimum Gasteiger partial charge on any atom is -0.309 e. The predicted molar refractivity (Wildman–Crippen MR) is 66.5 cm³/mol. The summed E-state index contributed by atoms with van der Waals surface area (Å²) in [5.74, 6) is -1.17. The van der Waals surface area contributed by atoms with Crippen LogP contribution < -0.4 is 5.32 Å². The van der Waals surface area contributed by atoms with E-state index < -0.39 is 11.6 Å². The lowest BCUT2D eigenvalue weighted by Crippen LogP contribution is -2.18. The first-order valence-corrected chi connectivity index (χ1v) is 6.37. The zero-order valence-electron chi connectivity index (χ0n) is 10.1. The summed E-state index contributed by atoms with van der Waals surface area (Å²) in [6.07, 6.45) is 0.738. The van der Waals surface area contributed by atoms with E-state index in [1.54, 1.807) is 7.05 Å². The Morgan fingerprint density at radius 1 is 1.28 bits per heavy atom. The number of nitrogens with zero attached hydrogens (tertiary/aromatic N) is 2. The van der Waals surface area contributed by atoms with Gasteiger partial charge in [-0.1, -0.05) is 11.4 Å². The maximum atomic E-state index is 13.3. The first-order valence-electron chi connectivity index (χ1n) is 5.60. The third kappa shape index (κ3) is 2.54. The van der Waals surface area contributed by atoms with Crippen molar-refractivity contribution in [1.29, 1.82) is 0 Å². The molecule has 1 aromatic carbocycles. The molecule has 1 atom stereocenters. The Morgan fingerprint density at radius 2 is 1.94 bits per heavy atom. The van der Waals surface area contributed by atoms with Gasteiger partial charge in [0.1, 0.15) is 11.6 Å². The second-order valence-corrected chi connectivity index (χ2v) is 4.65. The number of aryl methyl sites for hydroxylation is 1. The fourth-order valence-corrected chi connectivity index (χ4v) is 2.75. The van der Waals surface area contributed by atoms with Crippen LogP contribution in [0.15, 0.2) is 18.2 Å². The molecule has 18 heavy (non-hydrogen) atoms. The van der Waals surface area contributed by atoms with Crippen LogP contribution in [0.1, 0.15) is 29.1 Å². The molecule has 0 aliphatic carbocycles. The predicted octanol–water partition coefficient (Wildman–Crippen LogP) is 2.69. The maximum Gasteiger partial charge on any atom is 0.126 e. The Morgan fingerprint density at radius 3 is 2.50 bits per heavy atom. The van der Waals surface area contributed by atoms with Gasteiger partial charge in [-0.3, -0.25) is 0 Å². The molecule has 0 saturated carbocycles. The first-order chi connectivity index (χ1) is 8.65. The summed E-state index contributed by atoms with van der Waals surface area (Å²) < 4.78 is 30.4. The molecule has 1 aromatic heterocycles. The van der Waals surface area contributed by atoms with Crippen molar-refractivity contribution in [3.63, 3.8) is 0 Å². The van der Waals surface area contributed by atoms with Crippen LogP contribution in [0.5, 0.6) is 0 Å². The van der Waals surface area contributed by atoms with Crippen molar-refractivity contribution in [1.82, 2.24) is 14.9 Å². The first kappa shape index (κ1) is 13.0. The molecule has 0 fully saturated rings. The monoisotopic (exact) mass is 269 g/mol. The number of benzene rings is 1. The minimum atomic E-state index is -0.583. The molecule has 0 radical (unpaired) electrons. The average molecular weight is 269 g/mol. The Balaban J connectivity index is 2.45. The third-order valence-corrected chi connectivity index (χ3v) is 3.52. The highest BCUT2D eigenvalue weighted by Gasteiger charge is 2.20. The Labute approximate surface area is 108 Å². The summed E-state index contributed by atoms with van der Waals surface area (Å²) in [5.41, 5.74) is 1.39. The summed E-state index contributed by atoms with van der Waals surface area (Å²) in [6.45, 7) is 1.97. The molecular weight excluding hydrogens is 256 g/mol. The van der Waals surface area contributed by atoms with Gasteiger partial charge in [-0.15, -0.1) is 5.10 Å². The van der Waals surface area contributed by atoms with Crippen LogP contribution in [0, 0.1) is 11.6 Å². The van der Waals surface area contributed by atoms with Gasteiger partial charge in [0.2, 0.25) is 0 Å². The van der Waals surface area contributed by atoms with E-state index in [1.165, 1.54) is 23.7 Å². The molecule has 0 bridgehead atoms. The molecule has 0 spiro atoms. The van der Waals surface area contributed by atoms with Crippen molar-refractivity contribution in [2.24, 2.45) is 0 Å². The molecule has 0 aliphatic heterocycles. The van der Waals surface area contributed by atoms with E-state index in [2.05, 4.69) is 14.9 Å². The SMILES string of the molecule is CCc1nnsc1C(NC)c1cc(F)cc(F)c1. The molecule has 0 saturated heterocycles. The summed E-state index contributed by atoms with van der Waals surface area (Å²) in [7, 11) is 1.74. The van der Waals surface area contributed by atoms with Crippen molar-refractivity contribution in [3.8, 4) is 0 Å². The van der Waals surface area contributed by atoms with E-state index in [9.17, 15) is 8.78 Å². The number of nitrogens with one attached hydrogen (secondary N) is 1. The molecule has 0 aliphatic rings. The standard InChI is InChI=1S/C12H13F2N3S/c1-3-10-12(18-17-16-10)11(15-2)7-4-8(13)6-9(14)5-7/h4-6,11,15H,3H2,1-2H3. The largest absolute Gasteiger partial charge is 0.309 e. The zero-order valence-corrected chi connectivity index (χ0v) is 10.9. The third-order valence-electron chi connectivity index (χ3n) is 2.69. The van der Waals surface area contributed by atoms with Crippen molar-refractivity contribution in [2.75, 3.05) is 7.05 Å². The quantitative estimate of drug-likeness (QED) is 0.927. The van der Waals surface area contributed by atoms with E-state index in [1.807, 2.05) is 6.92 Å². The Bertz CT molecular complexity index is 522. The highest BCUT2D eigenvalue weighted by molar-refractivity contribution is 7.05. The molecule has 1 unspecified atom stereocenters. The lowest BCUT2D eigenvalue weighted by Gasteiger charge is -2.15. The van der Waals surface area contributed by atoms with Crippen LogP contribution in [0.25, 0.3) is 0 Å². The zero-order chi connectivity index (χ0) is 13.1. The van der Waals surface area contributed by atoms with Gasteiger partial charge in [0.25, 0.3) is 0 Å². The van der Waals surface area contributed by atoms with Gasteiger partial charge in [0, 0.05) is 6.07 Å². The molecule has 0 amide bonds. The number of hydrogen-bond acceptors (Lipinski definition) is 4. The van der Waals surface area contributed by atoms with E-state index >= 15 is 0 Å². The van der Waals surface area contributed by atoms with Gasteiger partial charge in [0.05, 0.1) is 16.6 Å². The number of aromatic nitrogens is 2.